The number of hydrogen-bond acceptors (Lipinski definition) is 7. The van der Waals surface area contributed by atoms with Gasteiger partial charge in [0.25, 0.3) is 11.5 Å². The number of esters is 2. The molecule has 0 saturated carbocycles. The molecule has 4 aromatic rings. The summed E-state index contributed by atoms with van der Waals surface area (Å²) < 4.78 is 12.7. The number of rotatable bonds is 10. The maximum absolute atomic E-state index is 13.6. The van der Waals surface area contributed by atoms with Gasteiger partial charge in [-0.25, -0.2) is 19.0 Å². The van der Waals surface area contributed by atoms with Crippen LogP contribution in [0.3, 0.4) is 0 Å². The number of benzene rings is 3. The fourth-order valence-electron chi connectivity index (χ4n) is 4.65. The maximum Gasteiger partial charge on any atom is 0.338 e. The monoisotopic (exact) mass is 669 g/mol. The van der Waals surface area contributed by atoms with Crippen molar-refractivity contribution in [1.82, 2.24) is 14.5 Å². The highest BCUT2D eigenvalue weighted by molar-refractivity contribution is 6.76. The third kappa shape index (κ3) is 7.73. The Kier molecular flexibility index (Phi) is 10.4. The zero-order valence-corrected chi connectivity index (χ0v) is 28.0. The van der Waals surface area contributed by atoms with Crippen molar-refractivity contribution in [3.63, 3.8) is 0 Å². The van der Waals surface area contributed by atoms with Crippen LogP contribution in [0.2, 0.25) is 35.7 Å². The van der Waals surface area contributed by atoms with Gasteiger partial charge in [0.1, 0.15) is 6.04 Å². The normalized spacial score (nSPS) is 12.1. The molecule has 0 spiro atoms. The van der Waals surface area contributed by atoms with Crippen molar-refractivity contribution in [3.8, 4) is 5.69 Å². The zero-order valence-electron chi connectivity index (χ0n) is 25.5. The third-order valence-electron chi connectivity index (χ3n) is 7.21. The summed E-state index contributed by atoms with van der Waals surface area (Å²) in [6.07, 6.45) is 0.0363. The second kappa shape index (κ2) is 13.8. The Balaban J connectivity index is 1.61. The second-order valence-electron chi connectivity index (χ2n) is 11.7. The molecule has 1 amide bonds. The summed E-state index contributed by atoms with van der Waals surface area (Å²) in [6.45, 7) is 6.84. The van der Waals surface area contributed by atoms with E-state index in [1.54, 1.807) is 36.4 Å². The Labute approximate surface area is 270 Å². The highest BCUT2D eigenvalue weighted by Gasteiger charge is 2.25. The smallest absolute Gasteiger partial charge is 0.338 e. The standard InChI is InChI=1S/C32H33Cl2N3O7Si/c1-36-26-14-11-20(30(40)44-15-16-45(3,4)5)18-22(26)29(39)37(32(36)42)21-12-9-19(10-13-21)17-25(31(41)43-2)35-28(38)27-23(33)7-6-8-24(27)34/h6-14,18,25H,15-17H2,1-5H3,(H,35,38)/t25-/m0/s1. The van der Waals surface area contributed by atoms with Gasteiger partial charge >= 0.3 is 17.6 Å². The number of hydrogen-bond donors (Lipinski definition) is 1. The molecule has 13 heteroatoms. The average Bonchev–Trinajstić information content (AvgIpc) is 2.99. The molecule has 0 aliphatic heterocycles. The first-order chi connectivity index (χ1) is 21.2. The summed E-state index contributed by atoms with van der Waals surface area (Å²) >= 11 is 12.3. The number of nitrogens with zero attached hydrogens (tertiary/aromatic N) is 2. The SMILES string of the molecule is COC(=O)[C@H](Cc1ccc(-n2c(=O)c3cc(C(=O)OCC[Si](C)(C)C)ccc3n(C)c2=O)cc1)NC(=O)c1c(Cl)cccc1Cl. The first kappa shape index (κ1) is 33.7. The Bertz CT molecular complexity index is 1880. The summed E-state index contributed by atoms with van der Waals surface area (Å²) in [7, 11) is 1.34. The fourth-order valence-corrected chi connectivity index (χ4v) is 5.93. The lowest BCUT2D eigenvalue weighted by molar-refractivity contribution is -0.142. The Hall–Kier alpha value is -4.19. The topological polar surface area (TPSA) is 126 Å². The number of aryl methyl sites for hydroxylation is 1. The molecule has 1 aromatic heterocycles. The Morgan fingerprint density at radius 3 is 2.20 bits per heavy atom. The molecule has 4 rings (SSSR count). The second-order valence-corrected chi connectivity index (χ2v) is 18.1. The van der Waals surface area contributed by atoms with Gasteiger partial charge in [0.05, 0.1) is 51.5 Å². The van der Waals surface area contributed by atoms with E-state index in [4.69, 9.17) is 32.7 Å². The molecular formula is C32H33Cl2N3O7Si. The minimum atomic E-state index is -1.40. The lowest BCUT2D eigenvalue weighted by Crippen LogP contribution is -2.43. The molecule has 0 aliphatic rings. The van der Waals surface area contributed by atoms with Crippen LogP contribution >= 0.6 is 23.2 Å². The number of nitrogens with one attached hydrogen (secondary N) is 1. The van der Waals surface area contributed by atoms with E-state index in [0.29, 0.717) is 17.7 Å². The number of carbonyl (C=O) groups is 3. The molecule has 0 radical (unpaired) electrons. The summed E-state index contributed by atoms with van der Waals surface area (Å²) in [4.78, 5) is 65.1. The van der Waals surface area contributed by atoms with Crippen LogP contribution in [0.1, 0.15) is 26.3 Å². The zero-order chi connectivity index (χ0) is 33.1. The van der Waals surface area contributed by atoms with E-state index in [9.17, 15) is 24.0 Å². The lowest BCUT2D eigenvalue weighted by atomic mass is 10.0. The molecule has 45 heavy (non-hydrogen) atoms. The van der Waals surface area contributed by atoms with Gasteiger partial charge in [0.15, 0.2) is 0 Å². The average molecular weight is 671 g/mol. The van der Waals surface area contributed by atoms with Crippen LogP contribution in [0.25, 0.3) is 16.6 Å². The Morgan fingerprint density at radius 2 is 1.60 bits per heavy atom. The molecule has 0 aliphatic carbocycles. The summed E-state index contributed by atoms with van der Waals surface area (Å²) in [6, 6.07) is 15.2. The lowest BCUT2D eigenvalue weighted by Gasteiger charge is -2.18. The molecule has 0 bridgehead atoms. The minimum Gasteiger partial charge on any atom is -0.467 e. The van der Waals surface area contributed by atoms with Gasteiger partial charge in [0, 0.05) is 21.5 Å². The van der Waals surface area contributed by atoms with E-state index >= 15 is 0 Å². The number of methoxy groups -OCH3 is 1. The van der Waals surface area contributed by atoms with Crippen LogP contribution in [-0.4, -0.2) is 54.8 Å². The highest BCUT2D eigenvalue weighted by Crippen LogP contribution is 2.24. The number of carbonyl (C=O) groups excluding carboxylic acids is 3. The predicted octanol–water partition coefficient (Wildman–Crippen LogP) is 5.01. The molecule has 1 N–H and O–H groups in total. The van der Waals surface area contributed by atoms with Crippen molar-refractivity contribution >= 4 is 60.0 Å². The molecule has 10 nitrogen and oxygen atoms in total. The van der Waals surface area contributed by atoms with Crippen molar-refractivity contribution in [1.29, 1.82) is 0 Å². The molecule has 0 saturated heterocycles. The van der Waals surface area contributed by atoms with Crippen LogP contribution in [0.15, 0.2) is 70.3 Å². The van der Waals surface area contributed by atoms with Crippen molar-refractivity contribution in [3.05, 3.63) is 108 Å². The van der Waals surface area contributed by atoms with Crippen LogP contribution in [0.5, 0.6) is 0 Å². The summed E-state index contributed by atoms with van der Waals surface area (Å²) in [5, 5.41) is 3.04. The first-order valence-corrected chi connectivity index (χ1v) is 18.5. The summed E-state index contributed by atoms with van der Waals surface area (Å²) in [5.41, 5.74) is 0.302. The third-order valence-corrected chi connectivity index (χ3v) is 9.54. The molecule has 236 valence electrons. The number of fused-ring (bicyclic) bond motifs is 1. The van der Waals surface area contributed by atoms with Crippen LogP contribution in [0, 0.1) is 0 Å². The number of halogens is 2. The van der Waals surface area contributed by atoms with E-state index in [0.717, 1.165) is 10.6 Å². The van der Waals surface area contributed by atoms with E-state index in [1.807, 2.05) is 0 Å². The van der Waals surface area contributed by atoms with Gasteiger partial charge in [-0.3, -0.25) is 14.2 Å². The van der Waals surface area contributed by atoms with Crippen molar-refractivity contribution < 1.29 is 23.9 Å². The van der Waals surface area contributed by atoms with Gasteiger partial charge in [0.2, 0.25) is 0 Å². The van der Waals surface area contributed by atoms with Gasteiger partial charge < -0.3 is 14.8 Å². The Morgan fingerprint density at radius 1 is 0.956 bits per heavy atom. The predicted molar refractivity (Wildman–Crippen MR) is 177 cm³/mol. The molecule has 1 heterocycles. The molecule has 1 atom stereocenters. The van der Waals surface area contributed by atoms with Crippen molar-refractivity contribution in [2.75, 3.05) is 13.7 Å². The highest BCUT2D eigenvalue weighted by atomic mass is 35.5. The quantitative estimate of drug-likeness (QED) is 0.186. The molecule has 0 unspecified atom stereocenters. The fraction of sp³-hybridized carbons (Fsp3) is 0.281. The van der Waals surface area contributed by atoms with Gasteiger partial charge in [-0.2, -0.15) is 0 Å². The van der Waals surface area contributed by atoms with Gasteiger partial charge in [-0.15, -0.1) is 0 Å². The van der Waals surface area contributed by atoms with Crippen LogP contribution in [-0.2, 0) is 27.7 Å². The maximum atomic E-state index is 13.6. The number of aromatic nitrogens is 2. The van der Waals surface area contributed by atoms with E-state index < -0.39 is 43.2 Å². The van der Waals surface area contributed by atoms with E-state index in [2.05, 4.69) is 25.0 Å². The summed E-state index contributed by atoms with van der Waals surface area (Å²) in [5.74, 6) is -1.88. The largest absolute Gasteiger partial charge is 0.467 e. The van der Waals surface area contributed by atoms with Gasteiger partial charge in [-0.05, 0) is 54.1 Å². The number of amides is 1. The van der Waals surface area contributed by atoms with E-state index in [1.165, 1.54) is 43.0 Å². The number of ether oxygens (including phenoxy) is 2. The minimum absolute atomic E-state index is 0.0274. The molecular weight excluding hydrogens is 637 g/mol. The van der Waals surface area contributed by atoms with Gasteiger partial charge in [-0.1, -0.05) is 61.0 Å². The van der Waals surface area contributed by atoms with E-state index in [-0.39, 0.29) is 38.7 Å². The molecule has 0 fully saturated rings. The molecule has 3 aromatic carbocycles. The van der Waals surface area contributed by atoms with Crippen LogP contribution < -0.4 is 16.6 Å². The van der Waals surface area contributed by atoms with Crippen molar-refractivity contribution in [2.24, 2.45) is 7.05 Å². The first-order valence-electron chi connectivity index (χ1n) is 14.1. The van der Waals surface area contributed by atoms with Crippen LogP contribution in [0.4, 0.5) is 0 Å². The van der Waals surface area contributed by atoms with Crippen molar-refractivity contribution in [2.45, 2.75) is 38.1 Å².